The number of halogens is 1. The van der Waals surface area contributed by atoms with Crippen LogP contribution in [0.5, 0.6) is 0 Å². The lowest BCUT2D eigenvalue weighted by Crippen LogP contribution is -2.54. The van der Waals surface area contributed by atoms with Crippen molar-refractivity contribution in [3.05, 3.63) is 143 Å². The molecule has 4 aromatic rings. The molecule has 6 amide bonds. The molecule has 0 aliphatic carbocycles. The van der Waals surface area contributed by atoms with E-state index in [1.54, 1.807) is 133 Å². The van der Waals surface area contributed by atoms with E-state index < -0.39 is 108 Å². The van der Waals surface area contributed by atoms with Gasteiger partial charge in [0.2, 0.25) is 35.4 Å². The monoisotopic (exact) mass is 1970 g/mol. The van der Waals surface area contributed by atoms with Crippen LogP contribution in [0.1, 0.15) is 283 Å². The van der Waals surface area contributed by atoms with E-state index >= 15 is 0 Å². The highest BCUT2D eigenvalue weighted by molar-refractivity contribution is 14.1. The number of esters is 2. The molecule has 20 atom stereocenters. The first-order valence-corrected chi connectivity index (χ1v) is 50.0. The van der Waals surface area contributed by atoms with Crippen molar-refractivity contribution in [3.63, 3.8) is 0 Å². The third kappa shape index (κ3) is 35.7. The van der Waals surface area contributed by atoms with Crippen LogP contribution >= 0.6 is 22.6 Å². The first-order valence-electron chi connectivity index (χ1n) is 48.5. The van der Waals surface area contributed by atoms with Gasteiger partial charge in [-0.15, -0.1) is 0 Å². The van der Waals surface area contributed by atoms with E-state index in [9.17, 15) is 57.5 Å². The van der Waals surface area contributed by atoms with Crippen molar-refractivity contribution in [2.24, 2.45) is 59.2 Å². The van der Waals surface area contributed by atoms with Crippen LogP contribution in [0.15, 0.2) is 115 Å². The number of ether oxygens (including phenoxy) is 6. The highest BCUT2D eigenvalue weighted by Gasteiger charge is 2.47. The lowest BCUT2D eigenvalue weighted by atomic mass is 9.83. The number of alkyl halides is 1. The van der Waals surface area contributed by atoms with Gasteiger partial charge >= 0.3 is 11.9 Å². The average molecular weight is 1970 g/mol. The fourth-order valence-electron chi connectivity index (χ4n) is 18.8. The van der Waals surface area contributed by atoms with Crippen LogP contribution in [-0.4, -0.2) is 249 Å². The number of carbonyl (C=O) groups is 12. The normalized spacial score (nSPS) is 17.8. The molecule has 0 radical (unpaired) electrons. The zero-order chi connectivity index (χ0) is 100. The number of benzene rings is 4. The van der Waals surface area contributed by atoms with Crippen LogP contribution in [0.2, 0.25) is 0 Å². The average Bonchev–Trinajstić information content (AvgIpc) is 1.51. The van der Waals surface area contributed by atoms with Crippen LogP contribution in [0, 0.1) is 59.2 Å². The van der Waals surface area contributed by atoms with E-state index in [0.29, 0.717) is 61.9 Å². The topological polar surface area (TPSA) is 313 Å². The minimum Gasteiger partial charge on any atom is -0.455 e. The van der Waals surface area contributed by atoms with Gasteiger partial charge in [0, 0.05) is 104 Å². The summed E-state index contributed by atoms with van der Waals surface area (Å²) in [4.78, 5) is 172. The summed E-state index contributed by atoms with van der Waals surface area (Å²) in [5.41, 5.74) is 2.82. The predicted octanol–water partition coefficient (Wildman–Crippen LogP) is 17.1. The van der Waals surface area contributed by atoms with Gasteiger partial charge in [0.15, 0.2) is 23.1 Å². The molecule has 2 heterocycles. The van der Waals surface area contributed by atoms with Crippen LogP contribution in [0.25, 0.3) is 0 Å². The number of carbonyl (C=O) groups excluding carboxylic acids is 12. The molecule has 6 rings (SSSR count). The zero-order valence-corrected chi connectivity index (χ0v) is 88.0. The number of likely N-dealkylation sites (tertiary alicyclic amines) is 2. The summed E-state index contributed by atoms with van der Waals surface area (Å²) in [5.74, 6) is -4.80. The van der Waals surface area contributed by atoms with Crippen molar-refractivity contribution >= 4 is 93.1 Å². The molecule has 746 valence electrons. The molecule has 0 spiro atoms. The van der Waals surface area contributed by atoms with Crippen LogP contribution in [0.4, 0.5) is 0 Å². The van der Waals surface area contributed by atoms with Gasteiger partial charge in [0.25, 0.3) is 0 Å². The molecule has 2 aliphatic rings. The van der Waals surface area contributed by atoms with Crippen LogP contribution in [-0.2, 0) is 71.6 Å². The Morgan fingerprint density at radius 2 is 0.842 bits per heavy atom. The smallest absolute Gasteiger partial charge is 0.338 e. The Labute approximate surface area is 811 Å². The maximum absolute atomic E-state index is 14.4. The lowest BCUT2D eigenvalue weighted by Gasteiger charge is -2.41. The molecule has 0 aromatic heterocycles. The third-order valence-corrected chi connectivity index (χ3v) is 26.5. The first kappa shape index (κ1) is 119. The van der Waals surface area contributed by atoms with E-state index in [4.69, 9.17) is 28.4 Å². The number of likely N-dealkylation sites (N-methyl/N-ethyl adjacent to an activating group) is 4. The van der Waals surface area contributed by atoms with Crippen molar-refractivity contribution in [1.29, 1.82) is 0 Å². The second-order valence-electron chi connectivity index (χ2n) is 37.4. The standard InChI is InChI=1S/C52H80N4O9.C50H76N4O9.C2H5I.C2H6/c1-13-35(6)48(55(10)52(62)40(33(2)3)31-43(58)47(53-9)34(4)5)44(63-11)32-45(59)56-30-22-27-41(56)49(64-12)36(7)51(61)54-37(8)50(39-25-18-15-19-26-39)65-46(60)29-21-20-28-42(57)38-23-16-14-17-24-38;1-15-32(6)45(53(12)49(59)39(30(2)3)28-41(56)44(31(4)5)52(10)11)42(61-13)29-43(57)54-27-19-22-40(54)46(62-14)33(7)48(58)51-34(8)47(37-20-17-16-18-21-37)63-50(60)38-25-23-36(24-26-38)35(9)55;1-2-3;1-2/h14-19,23-26,33-37,40-41,44,47-50,53H,13,20-22,27-32H2,1-12H3,(H,54,61);16-18,20-21,23-26,30-34,39-40,42,44-47H,15,19,22,27-29H2,1-14H3,(H,51,58);2H2,1H3;1-2H3/t35-,36+,37+,40-,41-,44+,47-,48-,49+,50?;32-,33+,34+,39-,40-,42+,44-,45-,46+,47?;;/m00../s1. The van der Waals surface area contributed by atoms with E-state index in [-0.39, 0.29) is 144 Å². The van der Waals surface area contributed by atoms with Gasteiger partial charge in [-0.2, -0.15) is 0 Å². The molecule has 0 saturated carbocycles. The zero-order valence-electron chi connectivity index (χ0n) is 85.8. The number of hydrogen-bond acceptors (Lipinski definition) is 20. The molecule has 3 N–H and O–H groups in total. The minimum atomic E-state index is -0.839. The molecule has 0 bridgehead atoms. The molecule has 133 heavy (non-hydrogen) atoms. The van der Waals surface area contributed by atoms with Gasteiger partial charge < -0.3 is 64.0 Å². The Kier molecular flexibility index (Phi) is 54.7. The van der Waals surface area contributed by atoms with E-state index in [0.717, 1.165) is 31.2 Å². The largest absolute Gasteiger partial charge is 0.455 e. The van der Waals surface area contributed by atoms with Gasteiger partial charge in [0.1, 0.15) is 12.2 Å². The fourth-order valence-corrected chi connectivity index (χ4v) is 18.8. The van der Waals surface area contributed by atoms with Gasteiger partial charge in [-0.25, -0.2) is 4.79 Å². The Morgan fingerprint density at radius 3 is 1.19 bits per heavy atom. The molecule has 2 unspecified atom stereocenters. The number of nitrogens with zero attached hydrogens (tertiary/aromatic N) is 5. The highest BCUT2D eigenvalue weighted by Crippen LogP contribution is 2.36. The number of unbranched alkanes of at least 4 members (excludes halogenated alkanes) is 1. The SMILES string of the molecule is CC.CCI.CC[C@H](C)[C@@H]([C@@H](CC(=O)N1CCC[C@H]1[C@H](OC)[C@@H](C)C(=O)N[C@H](C)C(OC(=O)CCCCC(=O)c1ccccc1)c1ccccc1)OC)N(C)C(=O)[C@@H](CC(=O)[C@@H](NC)C(C)C)C(C)C.CC[C@H](C)[C@@H]([C@@H](CC(=O)N1CCC[C@H]1[C@H](OC)[C@@H](C)C(=O)N[C@H](C)C(OC(=O)c1ccc(C(C)=O)cc1)c1ccccc1)OC)N(C)C(=O)[C@@H](CC(=O)[C@H](C(C)C)N(C)C)C(C)C. The van der Waals surface area contributed by atoms with Crippen molar-refractivity contribution < 1.29 is 86.0 Å². The molecular formula is C106H167IN8O18. The fraction of sp³-hybridized carbons (Fsp3) is 0.660. The quantitative estimate of drug-likeness (QED) is 0.0122. The summed E-state index contributed by atoms with van der Waals surface area (Å²) in [6.07, 6.45) is 1.77. The lowest BCUT2D eigenvalue weighted by molar-refractivity contribution is -0.152. The molecule has 4 aromatic carbocycles. The van der Waals surface area contributed by atoms with Crippen LogP contribution < -0.4 is 16.0 Å². The van der Waals surface area contributed by atoms with E-state index in [2.05, 4.69) is 59.3 Å². The van der Waals surface area contributed by atoms with Crippen LogP contribution in [0.3, 0.4) is 0 Å². The number of nitrogens with one attached hydrogen (secondary N) is 3. The van der Waals surface area contributed by atoms with Crippen molar-refractivity contribution in [2.45, 2.75) is 313 Å². The number of methoxy groups -OCH3 is 4. The molecule has 27 heteroatoms. The maximum atomic E-state index is 14.4. The summed E-state index contributed by atoms with van der Waals surface area (Å²) in [6.45, 7) is 39.7. The van der Waals surface area contributed by atoms with Crippen molar-refractivity contribution in [2.75, 3.05) is 81.2 Å². The van der Waals surface area contributed by atoms with E-state index in [1.165, 1.54) is 11.4 Å². The number of Topliss-reactive ketones (excluding diaryl/α,β-unsaturated/α-hetero) is 4. The van der Waals surface area contributed by atoms with Gasteiger partial charge in [-0.3, -0.25) is 57.6 Å². The summed E-state index contributed by atoms with van der Waals surface area (Å²) < 4.78 is 37.5. The molecule has 2 saturated heterocycles. The summed E-state index contributed by atoms with van der Waals surface area (Å²) >= 11 is 2.29. The molecular weight excluding hydrogens is 1800 g/mol. The summed E-state index contributed by atoms with van der Waals surface area (Å²) in [6, 6.07) is 30.2. The van der Waals surface area contributed by atoms with Crippen molar-refractivity contribution in [1.82, 2.24) is 40.4 Å². The maximum Gasteiger partial charge on any atom is 0.338 e. The summed E-state index contributed by atoms with van der Waals surface area (Å²) in [5, 5.41) is 9.26. The first-order chi connectivity index (χ1) is 63.0. The number of ketones is 4. The second-order valence-corrected chi connectivity index (χ2v) is 39.0. The van der Waals surface area contributed by atoms with Gasteiger partial charge in [-0.1, -0.05) is 256 Å². The third-order valence-electron chi connectivity index (χ3n) is 26.5. The number of amides is 6. The Hall–Kier alpha value is -8.19. The Morgan fingerprint density at radius 1 is 0.466 bits per heavy atom. The minimum absolute atomic E-state index is 0.00259. The highest BCUT2D eigenvalue weighted by atomic mass is 127. The predicted molar refractivity (Wildman–Crippen MR) is 535 cm³/mol. The molecule has 26 nitrogen and oxygen atoms in total. The molecule has 2 fully saturated rings. The summed E-state index contributed by atoms with van der Waals surface area (Å²) in [7, 11) is 15.3. The number of rotatable bonds is 52. The Balaban J connectivity index is 0.000000654. The van der Waals surface area contributed by atoms with E-state index in [1.807, 2.05) is 181 Å². The van der Waals surface area contributed by atoms with Crippen molar-refractivity contribution in [3.8, 4) is 0 Å². The second kappa shape index (κ2) is 61.1. The van der Waals surface area contributed by atoms with Gasteiger partial charge in [0.05, 0.1) is 103 Å². The van der Waals surface area contributed by atoms with Gasteiger partial charge in [-0.05, 0) is 144 Å². The Bertz CT molecular complexity index is 4170. The number of hydrogen-bond donors (Lipinski definition) is 3. The molecule has 2 aliphatic heterocycles.